The molecule has 0 aliphatic carbocycles. The Hall–Kier alpha value is -1.66. The number of nitro benzene ring substituents is 1. The molecule has 0 saturated carbocycles. The van der Waals surface area contributed by atoms with Gasteiger partial charge in [0.2, 0.25) is 0 Å². The van der Waals surface area contributed by atoms with Crippen molar-refractivity contribution in [2.45, 2.75) is 31.3 Å². The molecule has 1 aromatic carbocycles. The van der Waals surface area contributed by atoms with Gasteiger partial charge in [0.1, 0.15) is 5.69 Å². The lowest BCUT2D eigenvalue weighted by atomic mass is 10.1. The molecule has 0 aromatic heterocycles. The predicted octanol–water partition coefficient (Wildman–Crippen LogP) is 2.26. The Labute approximate surface area is 124 Å². The van der Waals surface area contributed by atoms with E-state index in [1.54, 1.807) is 18.2 Å². The van der Waals surface area contributed by atoms with Crippen LogP contribution < -0.4 is 5.32 Å². The number of hydrogen-bond acceptors (Lipinski definition) is 5. The second kappa shape index (κ2) is 6.41. The highest BCUT2D eigenvalue weighted by atomic mass is 16.6. The SMILES string of the molecule is O=[N+]([O-])c1ccccc1N[C@@H]1CCN(C2CCOCC2)C1. The van der Waals surface area contributed by atoms with Crippen LogP contribution in [-0.2, 0) is 4.74 Å². The topological polar surface area (TPSA) is 67.6 Å². The van der Waals surface area contributed by atoms with E-state index < -0.39 is 0 Å². The molecular weight excluding hydrogens is 270 g/mol. The number of nitro groups is 1. The summed E-state index contributed by atoms with van der Waals surface area (Å²) in [5, 5.41) is 14.4. The number of rotatable bonds is 4. The van der Waals surface area contributed by atoms with Gasteiger partial charge < -0.3 is 10.1 Å². The number of likely N-dealkylation sites (tertiary alicyclic amines) is 1. The molecule has 114 valence electrons. The van der Waals surface area contributed by atoms with Crippen LogP contribution in [0.1, 0.15) is 19.3 Å². The summed E-state index contributed by atoms with van der Waals surface area (Å²) in [7, 11) is 0. The average molecular weight is 291 g/mol. The van der Waals surface area contributed by atoms with Crippen LogP contribution in [0.2, 0.25) is 0 Å². The number of nitrogens with one attached hydrogen (secondary N) is 1. The van der Waals surface area contributed by atoms with Gasteiger partial charge in [0, 0.05) is 44.5 Å². The molecule has 0 bridgehead atoms. The Morgan fingerprint density at radius 2 is 2.00 bits per heavy atom. The molecule has 2 aliphatic heterocycles. The molecule has 3 rings (SSSR count). The van der Waals surface area contributed by atoms with Crippen molar-refractivity contribution in [3.8, 4) is 0 Å². The normalized spacial score (nSPS) is 24.1. The smallest absolute Gasteiger partial charge is 0.292 e. The minimum absolute atomic E-state index is 0.155. The van der Waals surface area contributed by atoms with Crippen molar-refractivity contribution in [1.29, 1.82) is 0 Å². The lowest BCUT2D eigenvalue weighted by Gasteiger charge is -2.31. The van der Waals surface area contributed by atoms with E-state index in [2.05, 4.69) is 10.2 Å². The average Bonchev–Trinajstić information content (AvgIpc) is 2.97. The summed E-state index contributed by atoms with van der Waals surface area (Å²) in [6.45, 7) is 3.71. The molecule has 0 spiro atoms. The first-order valence-corrected chi connectivity index (χ1v) is 7.56. The largest absolute Gasteiger partial charge is 0.381 e. The van der Waals surface area contributed by atoms with Crippen LogP contribution in [-0.4, -0.2) is 48.2 Å². The van der Waals surface area contributed by atoms with Crippen molar-refractivity contribution in [2.24, 2.45) is 0 Å². The van der Waals surface area contributed by atoms with Crippen molar-refractivity contribution in [2.75, 3.05) is 31.6 Å². The van der Waals surface area contributed by atoms with E-state index in [1.165, 1.54) is 0 Å². The zero-order chi connectivity index (χ0) is 14.7. The van der Waals surface area contributed by atoms with Crippen LogP contribution in [0.3, 0.4) is 0 Å². The number of hydrogen-bond donors (Lipinski definition) is 1. The molecule has 0 radical (unpaired) electrons. The first-order valence-electron chi connectivity index (χ1n) is 7.56. The highest BCUT2D eigenvalue weighted by Gasteiger charge is 2.30. The highest BCUT2D eigenvalue weighted by molar-refractivity contribution is 5.61. The molecule has 1 atom stereocenters. The Morgan fingerprint density at radius 1 is 1.24 bits per heavy atom. The first kappa shape index (κ1) is 14.3. The van der Waals surface area contributed by atoms with Crippen LogP contribution >= 0.6 is 0 Å². The van der Waals surface area contributed by atoms with E-state index in [0.717, 1.165) is 45.6 Å². The lowest BCUT2D eigenvalue weighted by molar-refractivity contribution is -0.384. The van der Waals surface area contributed by atoms with Crippen LogP contribution in [0.25, 0.3) is 0 Å². The van der Waals surface area contributed by atoms with E-state index in [0.29, 0.717) is 11.7 Å². The van der Waals surface area contributed by atoms with E-state index in [9.17, 15) is 10.1 Å². The van der Waals surface area contributed by atoms with E-state index in [1.807, 2.05) is 6.07 Å². The van der Waals surface area contributed by atoms with Gasteiger partial charge in [-0.2, -0.15) is 0 Å². The third-order valence-electron chi connectivity index (χ3n) is 4.39. The number of nitrogens with zero attached hydrogens (tertiary/aromatic N) is 2. The monoisotopic (exact) mass is 291 g/mol. The second-order valence-corrected chi connectivity index (χ2v) is 5.74. The van der Waals surface area contributed by atoms with Crippen molar-refractivity contribution in [3.63, 3.8) is 0 Å². The van der Waals surface area contributed by atoms with Crippen LogP contribution in [0.5, 0.6) is 0 Å². The quantitative estimate of drug-likeness (QED) is 0.681. The van der Waals surface area contributed by atoms with Crippen LogP contribution in [0, 0.1) is 10.1 Å². The molecule has 2 aliphatic rings. The summed E-state index contributed by atoms with van der Waals surface area (Å²) in [6, 6.07) is 7.76. The van der Waals surface area contributed by atoms with E-state index >= 15 is 0 Å². The fourth-order valence-electron chi connectivity index (χ4n) is 3.26. The number of benzene rings is 1. The fourth-order valence-corrected chi connectivity index (χ4v) is 3.26. The third kappa shape index (κ3) is 3.33. The minimum Gasteiger partial charge on any atom is -0.381 e. The third-order valence-corrected chi connectivity index (χ3v) is 4.39. The number of anilines is 1. The van der Waals surface area contributed by atoms with E-state index in [-0.39, 0.29) is 16.7 Å². The first-order chi connectivity index (χ1) is 10.2. The Bertz CT molecular complexity index is 503. The molecule has 2 saturated heterocycles. The Kier molecular flexibility index (Phi) is 4.36. The van der Waals surface area contributed by atoms with Gasteiger partial charge in [-0.15, -0.1) is 0 Å². The van der Waals surface area contributed by atoms with Gasteiger partial charge in [-0.1, -0.05) is 12.1 Å². The van der Waals surface area contributed by atoms with Crippen molar-refractivity contribution in [1.82, 2.24) is 4.90 Å². The molecule has 0 amide bonds. The van der Waals surface area contributed by atoms with Gasteiger partial charge in [-0.05, 0) is 25.3 Å². The molecule has 6 heteroatoms. The fraction of sp³-hybridized carbons (Fsp3) is 0.600. The van der Waals surface area contributed by atoms with Gasteiger partial charge in [-0.25, -0.2) is 0 Å². The summed E-state index contributed by atoms with van der Waals surface area (Å²) in [5.74, 6) is 0. The maximum Gasteiger partial charge on any atom is 0.292 e. The zero-order valence-electron chi connectivity index (χ0n) is 12.0. The Morgan fingerprint density at radius 3 is 2.76 bits per heavy atom. The summed E-state index contributed by atoms with van der Waals surface area (Å²) < 4.78 is 5.41. The van der Waals surface area contributed by atoms with Crippen molar-refractivity contribution < 1.29 is 9.66 Å². The molecule has 2 fully saturated rings. The van der Waals surface area contributed by atoms with Crippen LogP contribution in [0.4, 0.5) is 11.4 Å². The Balaban J connectivity index is 1.61. The maximum absolute atomic E-state index is 11.0. The molecular formula is C15H21N3O3. The molecule has 1 N–H and O–H groups in total. The minimum atomic E-state index is -0.326. The summed E-state index contributed by atoms with van der Waals surface area (Å²) in [6.07, 6.45) is 3.22. The highest BCUT2D eigenvalue weighted by Crippen LogP contribution is 2.27. The van der Waals surface area contributed by atoms with Gasteiger partial charge in [0.05, 0.1) is 4.92 Å². The summed E-state index contributed by atoms with van der Waals surface area (Å²) >= 11 is 0. The standard InChI is InChI=1S/C15H21N3O3/c19-18(20)15-4-2-1-3-14(15)16-12-5-8-17(11-12)13-6-9-21-10-7-13/h1-4,12-13,16H,5-11H2/t12-/m1/s1. The van der Waals surface area contributed by atoms with Gasteiger partial charge in [-0.3, -0.25) is 15.0 Å². The van der Waals surface area contributed by atoms with Gasteiger partial charge >= 0.3 is 0 Å². The molecule has 2 heterocycles. The van der Waals surface area contributed by atoms with Gasteiger partial charge in [0.25, 0.3) is 5.69 Å². The second-order valence-electron chi connectivity index (χ2n) is 5.74. The van der Waals surface area contributed by atoms with Crippen molar-refractivity contribution in [3.05, 3.63) is 34.4 Å². The van der Waals surface area contributed by atoms with Crippen LogP contribution in [0.15, 0.2) is 24.3 Å². The predicted molar refractivity (Wildman–Crippen MR) is 80.5 cm³/mol. The number of ether oxygens (including phenoxy) is 1. The lowest BCUT2D eigenvalue weighted by Crippen LogP contribution is -2.39. The molecule has 6 nitrogen and oxygen atoms in total. The van der Waals surface area contributed by atoms with Gasteiger partial charge in [0.15, 0.2) is 0 Å². The van der Waals surface area contributed by atoms with Crippen molar-refractivity contribution >= 4 is 11.4 Å². The molecule has 21 heavy (non-hydrogen) atoms. The summed E-state index contributed by atoms with van der Waals surface area (Å²) in [5.41, 5.74) is 0.781. The summed E-state index contributed by atoms with van der Waals surface area (Å²) in [4.78, 5) is 13.2. The maximum atomic E-state index is 11.0. The van der Waals surface area contributed by atoms with E-state index in [4.69, 9.17) is 4.74 Å². The molecule has 1 aromatic rings. The zero-order valence-corrected chi connectivity index (χ0v) is 12.0. The number of para-hydroxylation sites is 2. The molecule has 0 unspecified atom stereocenters.